The second-order valence-electron chi connectivity index (χ2n) is 5.25. The molecule has 0 saturated heterocycles. The molecule has 108 valence electrons. The summed E-state index contributed by atoms with van der Waals surface area (Å²) < 4.78 is 7.30. The first-order chi connectivity index (χ1) is 9.49. The second-order valence-corrected chi connectivity index (χ2v) is 7.14. The minimum Gasteiger partial charge on any atom is -0.483 e. The summed E-state index contributed by atoms with van der Waals surface area (Å²) in [6.07, 6.45) is -0.103. The summed E-state index contributed by atoms with van der Waals surface area (Å²) in [4.78, 5) is 1.16. The van der Waals surface area contributed by atoms with E-state index in [2.05, 4.69) is 47.3 Å². The van der Waals surface area contributed by atoms with Gasteiger partial charge in [-0.2, -0.15) is 0 Å². The van der Waals surface area contributed by atoms with Crippen LogP contribution in [-0.4, -0.2) is 6.04 Å². The summed E-state index contributed by atoms with van der Waals surface area (Å²) in [6.45, 7) is 6.32. The zero-order valence-electron chi connectivity index (χ0n) is 12.0. The molecule has 0 saturated carbocycles. The molecule has 4 heteroatoms. The Bertz CT molecular complexity index is 552. The predicted molar refractivity (Wildman–Crippen MR) is 89.6 cm³/mol. The predicted octanol–water partition coefficient (Wildman–Crippen LogP) is 5.10. The summed E-state index contributed by atoms with van der Waals surface area (Å²) in [7, 11) is 0. The van der Waals surface area contributed by atoms with Crippen LogP contribution in [0.5, 0.6) is 5.75 Å². The van der Waals surface area contributed by atoms with Gasteiger partial charge >= 0.3 is 0 Å². The molecule has 1 aromatic carbocycles. The molecule has 2 nitrogen and oxygen atoms in total. The van der Waals surface area contributed by atoms with E-state index in [1.807, 2.05) is 25.1 Å². The van der Waals surface area contributed by atoms with E-state index in [4.69, 9.17) is 10.5 Å². The molecular weight excluding hydrogens is 334 g/mol. The molecule has 2 rings (SSSR count). The topological polar surface area (TPSA) is 35.2 Å². The fourth-order valence-electron chi connectivity index (χ4n) is 2.09. The lowest BCUT2D eigenvalue weighted by atomic mass is 10.0. The van der Waals surface area contributed by atoms with Crippen molar-refractivity contribution in [2.24, 2.45) is 5.73 Å². The highest BCUT2D eigenvalue weighted by molar-refractivity contribution is 9.10. The van der Waals surface area contributed by atoms with Crippen molar-refractivity contribution < 1.29 is 4.74 Å². The normalized spacial score (nSPS) is 14.3. The number of ether oxygens (including phenoxy) is 1. The van der Waals surface area contributed by atoms with E-state index in [1.54, 1.807) is 11.3 Å². The lowest BCUT2D eigenvalue weighted by Crippen LogP contribution is -2.28. The van der Waals surface area contributed by atoms with Crippen molar-refractivity contribution in [3.63, 3.8) is 0 Å². The number of hydrogen-bond donors (Lipinski definition) is 1. The molecule has 2 aromatic rings. The molecule has 0 amide bonds. The number of benzene rings is 1. The van der Waals surface area contributed by atoms with E-state index < -0.39 is 0 Å². The Morgan fingerprint density at radius 2 is 1.95 bits per heavy atom. The summed E-state index contributed by atoms with van der Waals surface area (Å²) >= 11 is 5.20. The zero-order valence-corrected chi connectivity index (χ0v) is 14.4. The van der Waals surface area contributed by atoms with Crippen LogP contribution in [0.25, 0.3) is 0 Å². The third-order valence-corrected chi connectivity index (χ3v) is 4.58. The number of thiophene rings is 1. The van der Waals surface area contributed by atoms with Gasteiger partial charge in [0, 0.05) is 15.4 Å². The average molecular weight is 354 g/mol. The van der Waals surface area contributed by atoms with Gasteiger partial charge in [-0.05, 0) is 48.1 Å². The first-order valence-corrected chi connectivity index (χ1v) is 8.41. The molecule has 2 unspecified atom stereocenters. The summed E-state index contributed by atoms with van der Waals surface area (Å²) in [6, 6.07) is 10.2. The van der Waals surface area contributed by atoms with Crippen LogP contribution in [-0.2, 0) is 0 Å². The van der Waals surface area contributed by atoms with Crippen molar-refractivity contribution in [1.29, 1.82) is 0 Å². The first-order valence-electron chi connectivity index (χ1n) is 6.74. The van der Waals surface area contributed by atoms with E-state index >= 15 is 0 Å². The first kappa shape index (κ1) is 15.5. The third kappa shape index (κ3) is 3.62. The number of halogens is 1. The van der Waals surface area contributed by atoms with Crippen LogP contribution >= 0.6 is 27.3 Å². The van der Waals surface area contributed by atoms with E-state index in [0.717, 1.165) is 15.1 Å². The van der Waals surface area contributed by atoms with Crippen molar-refractivity contribution in [2.45, 2.75) is 38.8 Å². The lowest BCUT2D eigenvalue weighted by molar-refractivity contribution is 0.182. The van der Waals surface area contributed by atoms with Crippen molar-refractivity contribution in [1.82, 2.24) is 0 Å². The van der Waals surface area contributed by atoms with Crippen LogP contribution < -0.4 is 10.5 Å². The van der Waals surface area contributed by atoms with Crippen molar-refractivity contribution >= 4 is 27.3 Å². The highest BCUT2D eigenvalue weighted by atomic mass is 79.9. The maximum atomic E-state index is 6.23. The van der Waals surface area contributed by atoms with E-state index in [-0.39, 0.29) is 12.1 Å². The van der Waals surface area contributed by atoms with Crippen LogP contribution in [0.2, 0.25) is 0 Å². The Labute approximate surface area is 133 Å². The van der Waals surface area contributed by atoms with Gasteiger partial charge in [-0.1, -0.05) is 35.8 Å². The molecule has 2 N–H and O–H groups in total. The molecular formula is C16H20BrNOS. The highest BCUT2D eigenvalue weighted by Gasteiger charge is 2.21. The maximum absolute atomic E-state index is 6.23. The van der Waals surface area contributed by atoms with Crippen LogP contribution in [0, 0.1) is 0 Å². The highest BCUT2D eigenvalue weighted by Crippen LogP contribution is 2.34. The van der Waals surface area contributed by atoms with Gasteiger partial charge in [0.15, 0.2) is 0 Å². The van der Waals surface area contributed by atoms with Gasteiger partial charge in [0.05, 0.1) is 0 Å². The van der Waals surface area contributed by atoms with E-state index in [1.165, 1.54) is 5.56 Å². The molecule has 20 heavy (non-hydrogen) atoms. The molecule has 0 aliphatic heterocycles. The molecule has 1 aromatic heterocycles. The summed E-state index contributed by atoms with van der Waals surface area (Å²) in [5.74, 6) is 1.32. The Balaban J connectivity index is 2.32. The lowest BCUT2D eigenvalue weighted by Gasteiger charge is -2.24. The van der Waals surface area contributed by atoms with Crippen LogP contribution in [0.15, 0.2) is 40.2 Å². The van der Waals surface area contributed by atoms with Gasteiger partial charge in [0.2, 0.25) is 0 Å². The summed E-state index contributed by atoms with van der Waals surface area (Å²) in [5, 5.41) is 2.05. The monoisotopic (exact) mass is 353 g/mol. The van der Waals surface area contributed by atoms with Gasteiger partial charge in [-0.15, -0.1) is 11.3 Å². The van der Waals surface area contributed by atoms with Crippen molar-refractivity contribution in [2.75, 3.05) is 0 Å². The molecule has 0 bridgehead atoms. The zero-order chi connectivity index (χ0) is 14.7. The van der Waals surface area contributed by atoms with E-state index in [9.17, 15) is 0 Å². The number of nitrogens with two attached hydrogens (primary N) is 1. The fraction of sp³-hybridized carbons (Fsp3) is 0.375. The number of rotatable bonds is 5. The van der Waals surface area contributed by atoms with Crippen molar-refractivity contribution in [3.05, 3.63) is 50.6 Å². The molecule has 0 fully saturated rings. The Morgan fingerprint density at radius 3 is 2.50 bits per heavy atom. The van der Waals surface area contributed by atoms with Crippen LogP contribution in [0.1, 0.15) is 43.2 Å². The Hall–Kier alpha value is -0.840. The minimum absolute atomic E-state index is 0.0580. The van der Waals surface area contributed by atoms with Gasteiger partial charge in [0.25, 0.3) is 0 Å². The van der Waals surface area contributed by atoms with Gasteiger partial charge in [-0.25, -0.2) is 0 Å². The summed E-state index contributed by atoms with van der Waals surface area (Å²) in [5.41, 5.74) is 7.30. The van der Waals surface area contributed by atoms with Gasteiger partial charge < -0.3 is 10.5 Å². The minimum atomic E-state index is -0.103. The van der Waals surface area contributed by atoms with Crippen LogP contribution in [0.3, 0.4) is 0 Å². The molecule has 1 heterocycles. The standard InChI is InChI=1S/C16H20BrNOS/c1-10(2)13-9-12(17)6-7-14(13)19-16(11(3)18)15-5-4-8-20-15/h4-11,16H,18H2,1-3H3. The fourth-order valence-corrected chi connectivity index (χ4v) is 3.34. The average Bonchev–Trinajstić information content (AvgIpc) is 2.90. The molecule has 0 radical (unpaired) electrons. The Morgan fingerprint density at radius 1 is 1.20 bits per heavy atom. The number of hydrogen-bond acceptors (Lipinski definition) is 3. The molecule has 0 aliphatic carbocycles. The van der Waals surface area contributed by atoms with E-state index in [0.29, 0.717) is 5.92 Å². The smallest absolute Gasteiger partial charge is 0.148 e. The third-order valence-electron chi connectivity index (χ3n) is 3.15. The molecule has 2 atom stereocenters. The largest absolute Gasteiger partial charge is 0.483 e. The maximum Gasteiger partial charge on any atom is 0.148 e. The SMILES string of the molecule is CC(C)c1cc(Br)ccc1OC(c1cccs1)C(C)N. The van der Waals surface area contributed by atoms with Crippen LogP contribution in [0.4, 0.5) is 0 Å². The molecule has 0 spiro atoms. The van der Waals surface area contributed by atoms with Gasteiger partial charge in [0.1, 0.15) is 11.9 Å². The van der Waals surface area contributed by atoms with Crippen molar-refractivity contribution in [3.8, 4) is 5.75 Å². The quantitative estimate of drug-likeness (QED) is 0.811. The molecule has 0 aliphatic rings. The Kier molecular flexibility index (Phi) is 5.24. The second kappa shape index (κ2) is 6.74. The van der Waals surface area contributed by atoms with Gasteiger partial charge in [-0.3, -0.25) is 0 Å².